The summed E-state index contributed by atoms with van der Waals surface area (Å²) in [6.07, 6.45) is 1.00. The van der Waals surface area contributed by atoms with Gasteiger partial charge in [-0.25, -0.2) is 17.6 Å². The van der Waals surface area contributed by atoms with Gasteiger partial charge in [0.25, 0.3) is 0 Å². The molecule has 14 heavy (non-hydrogen) atoms. The van der Waals surface area contributed by atoms with Crippen LogP contribution >= 0.6 is 11.8 Å². The van der Waals surface area contributed by atoms with E-state index in [1.54, 1.807) is 0 Å². The topological polar surface area (TPSA) is 17.1 Å². The monoisotopic (exact) mass is 224 g/mol. The number of carbonyl (C=O) groups excluding carboxylic acids is 1. The summed E-state index contributed by atoms with van der Waals surface area (Å²) in [6, 6.07) is 0. The molecule has 0 saturated heterocycles. The molecule has 0 N–H and O–H groups in total. The number of hydrogen-bond donors (Lipinski definition) is 0. The van der Waals surface area contributed by atoms with E-state index >= 15 is 0 Å². The molecule has 0 heterocycles. The lowest BCUT2D eigenvalue weighted by Gasteiger charge is -2.05. The van der Waals surface area contributed by atoms with Crippen molar-refractivity contribution in [2.24, 2.45) is 0 Å². The minimum Gasteiger partial charge on any atom is -0.298 e. The Bertz CT molecular complexity index is 362. The van der Waals surface area contributed by atoms with Gasteiger partial charge in [0, 0.05) is 0 Å². The summed E-state index contributed by atoms with van der Waals surface area (Å²) < 4.78 is 51.6. The SMILES string of the molecule is CSc1c(F)c(F)c(C=O)c(F)c1F. The molecule has 0 saturated carbocycles. The zero-order valence-corrected chi connectivity index (χ0v) is 7.72. The van der Waals surface area contributed by atoms with E-state index in [-0.39, 0.29) is 6.29 Å². The Kier molecular flexibility index (Phi) is 3.15. The fraction of sp³-hybridized carbons (Fsp3) is 0.125. The number of rotatable bonds is 2. The van der Waals surface area contributed by atoms with E-state index in [9.17, 15) is 22.4 Å². The number of carbonyl (C=O) groups is 1. The van der Waals surface area contributed by atoms with Gasteiger partial charge in [-0.1, -0.05) is 0 Å². The van der Waals surface area contributed by atoms with Crippen LogP contribution in [0.25, 0.3) is 0 Å². The molecule has 1 rings (SSSR count). The van der Waals surface area contributed by atoms with Crippen molar-refractivity contribution < 1.29 is 22.4 Å². The van der Waals surface area contributed by atoms with Crippen LogP contribution in [-0.4, -0.2) is 12.5 Å². The summed E-state index contributed by atoms with van der Waals surface area (Å²) >= 11 is 0.524. The van der Waals surface area contributed by atoms with E-state index in [1.165, 1.54) is 6.26 Å². The van der Waals surface area contributed by atoms with Gasteiger partial charge in [0.2, 0.25) is 0 Å². The molecule has 0 fully saturated rings. The first-order valence-electron chi connectivity index (χ1n) is 3.39. The summed E-state index contributed by atoms with van der Waals surface area (Å²) in [5, 5.41) is 0. The zero-order valence-electron chi connectivity index (χ0n) is 6.91. The molecule has 6 heteroatoms. The highest BCUT2D eigenvalue weighted by Crippen LogP contribution is 2.29. The zero-order chi connectivity index (χ0) is 10.9. The fourth-order valence-corrected chi connectivity index (χ4v) is 1.45. The van der Waals surface area contributed by atoms with Crippen LogP contribution in [0.4, 0.5) is 17.6 Å². The van der Waals surface area contributed by atoms with E-state index in [2.05, 4.69) is 0 Å². The predicted octanol–water partition coefficient (Wildman–Crippen LogP) is 2.78. The van der Waals surface area contributed by atoms with Crippen molar-refractivity contribution in [1.29, 1.82) is 0 Å². The maximum Gasteiger partial charge on any atom is 0.176 e. The largest absolute Gasteiger partial charge is 0.298 e. The molecule has 0 aromatic heterocycles. The van der Waals surface area contributed by atoms with Crippen molar-refractivity contribution in [3.8, 4) is 0 Å². The van der Waals surface area contributed by atoms with Crippen molar-refractivity contribution in [2.75, 3.05) is 6.26 Å². The fourth-order valence-electron chi connectivity index (χ4n) is 0.911. The van der Waals surface area contributed by atoms with Crippen LogP contribution in [0.15, 0.2) is 4.90 Å². The summed E-state index contributed by atoms with van der Waals surface area (Å²) in [6.45, 7) is 0. The van der Waals surface area contributed by atoms with E-state index in [0.717, 1.165) is 0 Å². The Labute approximate surface area is 81.1 Å². The molecule has 1 aromatic rings. The first-order chi connectivity index (χ1) is 6.54. The lowest BCUT2D eigenvalue weighted by Crippen LogP contribution is -2.04. The molecule has 0 spiro atoms. The molecule has 0 amide bonds. The van der Waals surface area contributed by atoms with E-state index < -0.39 is 33.7 Å². The van der Waals surface area contributed by atoms with Crippen LogP contribution in [0.5, 0.6) is 0 Å². The standard InChI is InChI=1S/C8H4F4OS/c1-14-8-6(11)4(9)3(2-13)5(10)7(8)12/h2H,1H3. The quantitative estimate of drug-likeness (QED) is 0.332. The van der Waals surface area contributed by atoms with Crippen molar-refractivity contribution >= 4 is 18.0 Å². The highest BCUT2D eigenvalue weighted by Gasteiger charge is 2.24. The van der Waals surface area contributed by atoms with Gasteiger partial charge in [0.15, 0.2) is 29.6 Å². The highest BCUT2D eigenvalue weighted by molar-refractivity contribution is 7.98. The predicted molar refractivity (Wildman–Crippen MR) is 43.4 cm³/mol. The third kappa shape index (κ3) is 1.50. The maximum absolute atomic E-state index is 12.9. The molecule has 1 nitrogen and oxygen atoms in total. The van der Waals surface area contributed by atoms with Crippen molar-refractivity contribution in [3.05, 3.63) is 28.8 Å². The van der Waals surface area contributed by atoms with Crippen molar-refractivity contribution in [3.63, 3.8) is 0 Å². The van der Waals surface area contributed by atoms with Crippen LogP contribution in [-0.2, 0) is 0 Å². The van der Waals surface area contributed by atoms with Gasteiger partial charge in [-0.05, 0) is 6.26 Å². The Morgan fingerprint density at radius 2 is 1.43 bits per heavy atom. The van der Waals surface area contributed by atoms with Crippen LogP contribution in [0.3, 0.4) is 0 Å². The summed E-state index contributed by atoms with van der Waals surface area (Å²) in [5.41, 5.74) is -1.22. The van der Waals surface area contributed by atoms with E-state index in [0.29, 0.717) is 11.8 Å². The van der Waals surface area contributed by atoms with Gasteiger partial charge in [-0.15, -0.1) is 11.8 Å². The average Bonchev–Trinajstić information content (AvgIpc) is 2.17. The van der Waals surface area contributed by atoms with Crippen molar-refractivity contribution in [1.82, 2.24) is 0 Å². The number of thioether (sulfide) groups is 1. The Morgan fingerprint density at radius 3 is 1.71 bits per heavy atom. The second-order valence-corrected chi connectivity index (χ2v) is 3.14. The molecule has 0 atom stereocenters. The number of halogens is 4. The first-order valence-corrected chi connectivity index (χ1v) is 4.62. The minimum atomic E-state index is -1.66. The lowest BCUT2D eigenvalue weighted by molar-refractivity contribution is 0.111. The normalized spacial score (nSPS) is 10.4. The molecular weight excluding hydrogens is 220 g/mol. The number of aldehydes is 1. The smallest absolute Gasteiger partial charge is 0.176 e. The Morgan fingerprint density at radius 1 is 1.00 bits per heavy atom. The second-order valence-electron chi connectivity index (χ2n) is 2.32. The molecule has 1 aromatic carbocycles. The van der Waals surface area contributed by atoms with Gasteiger partial charge in [0.1, 0.15) is 0 Å². The average molecular weight is 224 g/mol. The first kappa shape index (κ1) is 11.0. The molecule has 0 bridgehead atoms. The van der Waals surface area contributed by atoms with E-state index in [4.69, 9.17) is 0 Å². The Balaban J connectivity index is 3.63. The van der Waals surface area contributed by atoms with Crippen LogP contribution in [0.1, 0.15) is 10.4 Å². The summed E-state index contributed by atoms with van der Waals surface area (Å²) in [4.78, 5) is 9.36. The van der Waals surface area contributed by atoms with E-state index in [1.807, 2.05) is 0 Å². The molecule has 0 unspecified atom stereocenters. The molecular formula is C8H4F4OS. The third-order valence-corrected chi connectivity index (χ3v) is 2.35. The van der Waals surface area contributed by atoms with Crippen LogP contribution in [0, 0.1) is 23.3 Å². The van der Waals surface area contributed by atoms with Gasteiger partial charge in [0.05, 0.1) is 10.5 Å². The molecule has 0 aliphatic heterocycles. The second kappa shape index (κ2) is 4.00. The Hall–Kier alpha value is -1.04. The van der Waals surface area contributed by atoms with Crippen LogP contribution in [0.2, 0.25) is 0 Å². The summed E-state index contributed by atoms with van der Waals surface area (Å²) in [7, 11) is 0. The van der Waals surface area contributed by atoms with Crippen molar-refractivity contribution in [2.45, 2.75) is 4.90 Å². The van der Waals surface area contributed by atoms with Gasteiger partial charge >= 0.3 is 0 Å². The highest BCUT2D eigenvalue weighted by atomic mass is 32.2. The maximum atomic E-state index is 12.9. The van der Waals surface area contributed by atoms with Gasteiger partial charge in [-0.2, -0.15) is 0 Å². The summed E-state index contributed by atoms with van der Waals surface area (Å²) in [5.74, 6) is -6.41. The van der Waals surface area contributed by atoms with Gasteiger partial charge in [-0.3, -0.25) is 4.79 Å². The molecule has 76 valence electrons. The molecule has 0 aliphatic rings. The molecule has 0 radical (unpaired) electrons. The van der Waals surface area contributed by atoms with Crippen LogP contribution < -0.4 is 0 Å². The lowest BCUT2D eigenvalue weighted by atomic mass is 10.2. The number of hydrogen-bond acceptors (Lipinski definition) is 2. The molecule has 0 aliphatic carbocycles. The van der Waals surface area contributed by atoms with Gasteiger partial charge < -0.3 is 0 Å². The third-order valence-electron chi connectivity index (χ3n) is 1.58. The minimum absolute atomic E-state index is 0.263. The number of benzene rings is 1.